The summed E-state index contributed by atoms with van der Waals surface area (Å²) in [5.41, 5.74) is 0. The minimum absolute atomic E-state index is 0. The Kier molecular flexibility index (Phi) is 7.69. The Labute approximate surface area is 132 Å². The van der Waals surface area contributed by atoms with E-state index in [0.29, 0.717) is 0 Å². The maximum atomic E-state index is 2.39. The van der Waals surface area contributed by atoms with Gasteiger partial charge in [-0.2, -0.15) is 0 Å². The van der Waals surface area contributed by atoms with Crippen LogP contribution in [0.15, 0.2) is 44.2 Å². The van der Waals surface area contributed by atoms with Gasteiger partial charge in [-0.05, 0) is 0 Å². The molecule has 0 bridgehead atoms. The van der Waals surface area contributed by atoms with Gasteiger partial charge in [-0.25, -0.2) is 0 Å². The molecule has 0 fully saturated rings. The number of rotatable bonds is 2. The Morgan fingerprint density at radius 2 is 1.16 bits per heavy atom. The maximum absolute atomic E-state index is 2.39. The summed E-state index contributed by atoms with van der Waals surface area (Å²) in [6.07, 6.45) is 16.2. The third kappa shape index (κ3) is 3.19. The first-order chi connectivity index (χ1) is 8.10. The van der Waals surface area contributed by atoms with Gasteiger partial charge < -0.3 is 0 Å². The molecule has 2 rings (SSSR count). The third-order valence-corrected chi connectivity index (χ3v) is 12.9. The van der Waals surface area contributed by atoms with Crippen LogP contribution in [0.4, 0.5) is 0 Å². The van der Waals surface area contributed by atoms with E-state index in [1.807, 2.05) is 0 Å². The topological polar surface area (TPSA) is 0 Å². The van der Waals surface area contributed by atoms with Gasteiger partial charge in [0, 0.05) is 0 Å². The molecule has 0 heterocycles. The minimum Gasteiger partial charge on any atom is -0.147 e. The normalized spacial score (nSPS) is 15.6. The molecule has 2 aliphatic rings. The number of hydrogen-bond donors (Lipinski definition) is 0. The van der Waals surface area contributed by atoms with Crippen molar-refractivity contribution in [1.82, 2.24) is 0 Å². The molecule has 0 aliphatic heterocycles. The summed E-state index contributed by atoms with van der Waals surface area (Å²) in [4.78, 5) is 0. The van der Waals surface area contributed by atoms with Gasteiger partial charge in [0.25, 0.3) is 0 Å². The SMILES string of the molecule is C[C](C)=[Ti]([C]1=CC=CC1)([C]1=CC=CC1)=[C](C)C.Cl.Cl. The Morgan fingerprint density at radius 3 is 1.37 bits per heavy atom. The van der Waals surface area contributed by atoms with Gasteiger partial charge in [0.15, 0.2) is 0 Å². The van der Waals surface area contributed by atoms with Crippen molar-refractivity contribution < 1.29 is 15.7 Å². The monoisotopic (exact) mass is 334 g/mol. The average molecular weight is 335 g/mol. The van der Waals surface area contributed by atoms with Crippen molar-refractivity contribution in [2.45, 2.75) is 40.5 Å². The van der Waals surface area contributed by atoms with Crippen LogP contribution in [0.5, 0.6) is 0 Å². The molecule has 0 saturated heterocycles. The van der Waals surface area contributed by atoms with E-state index in [9.17, 15) is 0 Å². The number of halogens is 2. The summed E-state index contributed by atoms with van der Waals surface area (Å²) in [6, 6.07) is 0. The van der Waals surface area contributed by atoms with E-state index in [2.05, 4.69) is 64.2 Å². The number of hydrogen-bond acceptors (Lipinski definition) is 0. The van der Waals surface area contributed by atoms with Gasteiger partial charge in [-0.3, -0.25) is 0 Å². The van der Waals surface area contributed by atoms with Crippen LogP contribution in [0.25, 0.3) is 0 Å². The predicted octanol–water partition coefficient (Wildman–Crippen LogP) is 5.10. The van der Waals surface area contributed by atoms with E-state index in [0.717, 1.165) is 0 Å². The molecule has 0 saturated carbocycles. The molecule has 0 aromatic heterocycles. The minimum atomic E-state index is -2.26. The Morgan fingerprint density at radius 1 is 0.789 bits per heavy atom. The molecule has 0 aromatic carbocycles. The smallest absolute Gasteiger partial charge is 0.147 e. The molecule has 0 aromatic rings. The van der Waals surface area contributed by atoms with Crippen LogP contribution in [0.2, 0.25) is 0 Å². The maximum Gasteiger partial charge on any atom is -0.147 e. The van der Waals surface area contributed by atoms with Crippen LogP contribution in [-0.2, 0) is 15.7 Å². The van der Waals surface area contributed by atoms with E-state index in [1.54, 1.807) is 15.4 Å². The molecule has 19 heavy (non-hydrogen) atoms. The Bertz CT molecular complexity index is 514. The van der Waals surface area contributed by atoms with Crippen molar-refractivity contribution in [1.29, 1.82) is 0 Å². The molecular formula is C16H24Cl2Ti. The predicted molar refractivity (Wildman–Crippen MR) is 90.9 cm³/mol. The molecule has 106 valence electrons. The first-order valence-corrected chi connectivity index (χ1v) is 9.56. The fraction of sp³-hybridized carbons (Fsp3) is 0.375. The van der Waals surface area contributed by atoms with Crippen LogP contribution in [0, 0.1) is 0 Å². The van der Waals surface area contributed by atoms with Crippen LogP contribution < -0.4 is 0 Å². The molecule has 0 spiro atoms. The molecule has 0 unspecified atom stereocenters. The van der Waals surface area contributed by atoms with Gasteiger partial charge in [0.05, 0.1) is 0 Å². The molecule has 0 nitrogen and oxygen atoms in total. The fourth-order valence-corrected chi connectivity index (χ4v) is 12.1. The second-order valence-electron chi connectivity index (χ2n) is 5.40. The summed E-state index contributed by atoms with van der Waals surface area (Å²) < 4.78 is 6.80. The second kappa shape index (κ2) is 7.69. The first-order valence-electron chi connectivity index (χ1n) is 6.43. The summed E-state index contributed by atoms with van der Waals surface area (Å²) in [5.74, 6) is 0. The zero-order valence-corrected chi connectivity index (χ0v) is 15.4. The van der Waals surface area contributed by atoms with Gasteiger partial charge in [0.1, 0.15) is 0 Å². The largest absolute Gasteiger partial charge is 0.147 e. The molecular weight excluding hydrogens is 311 g/mol. The van der Waals surface area contributed by atoms with Gasteiger partial charge in [0.2, 0.25) is 0 Å². The van der Waals surface area contributed by atoms with Gasteiger partial charge >= 0.3 is 108 Å². The standard InChI is InChI=1S/2C5H5.2C3H6.2ClH.Ti/c2*1-2-4-5-3-1;2*1-3-2;;;/h2*1-3H,4H2;2*1-2H3;2*1H;. The average Bonchev–Trinajstić information content (AvgIpc) is 2.88. The zero-order valence-electron chi connectivity index (χ0n) is 12.2. The second-order valence-corrected chi connectivity index (χ2v) is 12.9. The van der Waals surface area contributed by atoms with Crippen molar-refractivity contribution >= 4 is 32.4 Å². The van der Waals surface area contributed by atoms with Crippen molar-refractivity contribution in [3.63, 3.8) is 0 Å². The van der Waals surface area contributed by atoms with Crippen LogP contribution in [-0.4, -0.2) is 7.62 Å². The molecule has 0 N–H and O–H groups in total. The van der Waals surface area contributed by atoms with E-state index in [-0.39, 0.29) is 24.8 Å². The van der Waals surface area contributed by atoms with Crippen molar-refractivity contribution in [3.8, 4) is 0 Å². The summed E-state index contributed by atoms with van der Waals surface area (Å²) in [6.45, 7) is 9.41. The molecule has 2 aliphatic carbocycles. The van der Waals surface area contributed by atoms with Crippen molar-refractivity contribution in [3.05, 3.63) is 44.2 Å². The molecule has 0 amide bonds. The Balaban J connectivity index is 0.00000162. The summed E-state index contributed by atoms with van der Waals surface area (Å²) >= 11 is -2.26. The number of allylic oxidation sites excluding steroid dienone is 8. The Hall–Kier alpha value is -0.00571. The zero-order chi connectivity index (χ0) is 12.5. The molecule has 0 atom stereocenters. The van der Waals surface area contributed by atoms with E-state index >= 15 is 0 Å². The summed E-state index contributed by atoms with van der Waals surface area (Å²) in [5, 5.41) is 0. The third-order valence-electron chi connectivity index (χ3n) is 4.01. The fourth-order valence-electron chi connectivity index (χ4n) is 3.44. The van der Waals surface area contributed by atoms with Crippen molar-refractivity contribution in [2.75, 3.05) is 0 Å². The quantitative estimate of drug-likeness (QED) is 0.616. The molecule has 0 radical (unpaired) electrons. The van der Waals surface area contributed by atoms with Crippen molar-refractivity contribution in [2.24, 2.45) is 0 Å². The van der Waals surface area contributed by atoms with E-state index in [4.69, 9.17) is 0 Å². The van der Waals surface area contributed by atoms with Crippen LogP contribution >= 0.6 is 24.8 Å². The van der Waals surface area contributed by atoms with E-state index < -0.39 is 15.7 Å². The van der Waals surface area contributed by atoms with Gasteiger partial charge in [-0.15, -0.1) is 24.8 Å². The van der Waals surface area contributed by atoms with E-state index in [1.165, 1.54) is 12.8 Å². The van der Waals surface area contributed by atoms with Crippen LogP contribution in [0.1, 0.15) is 40.5 Å². The summed E-state index contributed by atoms with van der Waals surface area (Å²) in [7, 11) is 0. The van der Waals surface area contributed by atoms with Gasteiger partial charge in [-0.1, -0.05) is 0 Å². The van der Waals surface area contributed by atoms with Crippen LogP contribution in [0.3, 0.4) is 0 Å². The molecule has 3 heteroatoms. The first kappa shape index (κ1) is 19.0.